The minimum Gasteiger partial charge on any atom is -0.492 e. The standard InChI is InChI=1S/C15H21ClO/c1-4-5-6-13(16)11-7-8-14-12(9-11)15(2,3)10-17-14/h7-9,13H,4-6,10H2,1-3H3. The lowest BCUT2D eigenvalue weighted by Gasteiger charge is -2.17. The highest BCUT2D eigenvalue weighted by molar-refractivity contribution is 6.20. The summed E-state index contributed by atoms with van der Waals surface area (Å²) in [6, 6.07) is 6.41. The number of halogens is 1. The lowest BCUT2D eigenvalue weighted by atomic mass is 9.85. The first-order valence-corrected chi connectivity index (χ1v) is 6.89. The van der Waals surface area contributed by atoms with E-state index in [9.17, 15) is 0 Å². The van der Waals surface area contributed by atoms with Crippen LogP contribution in [0.15, 0.2) is 18.2 Å². The Morgan fingerprint density at radius 1 is 1.41 bits per heavy atom. The Hall–Kier alpha value is -0.690. The molecule has 0 fully saturated rings. The Morgan fingerprint density at radius 2 is 2.18 bits per heavy atom. The molecule has 0 N–H and O–H groups in total. The zero-order valence-electron chi connectivity index (χ0n) is 10.9. The van der Waals surface area contributed by atoms with Crippen LogP contribution in [0.4, 0.5) is 0 Å². The van der Waals surface area contributed by atoms with Gasteiger partial charge in [0.25, 0.3) is 0 Å². The molecular weight excluding hydrogens is 232 g/mol. The van der Waals surface area contributed by atoms with Gasteiger partial charge in [-0.3, -0.25) is 0 Å². The van der Waals surface area contributed by atoms with Crippen LogP contribution >= 0.6 is 11.6 Å². The SMILES string of the molecule is CCCCC(Cl)c1ccc2c(c1)C(C)(C)CO2. The van der Waals surface area contributed by atoms with Gasteiger partial charge in [0.05, 0.1) is 12.0 Å². The van der Waals surface area contributed by atoms with Gasteiger partial charge >= 0.3 is 0 Å². The van der Waals surface area contributed by atoms with Crippen LogP contribution < -0.4 is 4.74 Å². The smallest absolute Gasteiger partial charge is 0.123 e. The summed E-state index contributed by atoms with van der Waals surface area (Å²) in [6.45, 7) is 7.41. The minimum absolute atomic E-state index is 0.118. The fraction of sp³-hybridized carbons (Fsp3) is 0.600. The van der Waals surface area contributed by atoms with Crippen LogP contribution in [0.5, 0.6) is 5.75 Å². The highest BCUT2D eigenvalue weighted by Crippen LogP contribution is 2.40. The molecule has 0 spiro atoms. The minimum atomic E-state index is 0.118. The normalized spacial score (nSPS) is 18.6. The van der Waals surface area contributed by atoms with Gasteiger partial charge in [0, 0.05) is 11.0 Å². The van der Waals surface area contributed by atoms with Crippen LogP contribution in [0.1, 0.15) is 56.5 Å². The molecular formula is C15H21ClO. The second kappa shape index (κ2) is 4.89. The molecule has 0 bridgehead atoms. The van der Waals surface area contributed by atoms with E-state index in [1.165, 1.54) is 24.0 Å². The average Bonchev–Trinajstić information content (AvgIpc) is 2.62. The Balaban J connectivity index is 2.21. The zero-order chi connectivity index (χ0) is 12.5. The van der Waals surface area contributed by atoms with Crippen LogP contribution in [-0.4, -0.2) is 6.61 Å². The summed E-state index contributed by atoms with van der Waals surface area (Å²) in [5.41, 5.74) is 2.65. The van der Waals surface area contributed by atoms with E-state index >= 15 is 0 Å². The monoisotopic (exact) mass is 252 g/mol. The van der Waals surface area contributed by atoms with Crippen molar-refractivity contribution in [1.29, 1.82) is 0 Å². The van der Waals surface area contributed by atoms with Gasteiger partial charge in [0.15, 0.2) is 0 Å². The van der Waals surface area contributed by atoms with Crippen molar-refractivity contribution in [3.05, 3.63) is 29.3 Å². The highest BCUT2D eigenvalue weighted by atomic mass is 35.5. The van der Waals surface area contributed by atoms with E-state index in [2.05, 4.69) is 39.0 Å². The number of unbranched alkanes of at least 4 members (excludes halogenated alkanes) is 1. The Morgan fingerprint density at radius 3 is 2.88 bits per heavy atom. The molecule has 1 aromatic carbocycles. The molecule has 0 saturated carbocycles. The van der Waals surface area contributed by atoms with Crippen molar-refractivity contribution >= 4 is 11.6 Å². The number of fused-ring (bicyclic) bond motifs is 1. The van der Waals surface area contributed by atoms with Gasteiger partial charge in [-0.1, -0.05) is 39.7 Å². The quantitative estimate of drug-likeness (QED) is 0.698. The maximum atomic E-state index is 6.44. The maximum Gasteiger partial charge on any atom is 0.123 e. The van der Waals surface area contributed by atoms with Crippen LogP contribution in [0, 0.1) is 0 Å². The Bertz CT molecular complexity index is 398. The summed E-state index contributed by atoms with van der Waals surface area (Å²) in [7, 11) is 0. The van der Waals surface area contributed by atoms with Gasteiger partial charge in [-0.15, -0.1) is 11.6 Å². The molecule has 1 aliphatic heterocycles. The van der Waals surface area contributed by atoms with Crippen molar-refractivity contribution in [2.75, 3.05) is 6.61 Å². The van der Waals surface area contributed by atoms with Gasteiger partial charge in [0.1, 0.15) is 5.75 Å². The van der Waals surface area contributed by atoms with Gasteiger partial charge in [-0.05, 0) is 24.1 Å². The fourth-order valence-electron chi connectivity index (χ4n) is 2.28. The fourth-order valence-corrected chi connectivity index (χ4v) is 2.57. The van der Waals surface area contributed by atoms with E-state index in [4.69, 9.17) is 16.3 Å². The molecule has 17 heavy (non-hydrogen) atoms. The van der Waals surface area contributed by atoms with Crippen LogP contribution in [0.25, 0.3) is 0 Å². The third-order valence-corrected chi connectivity index (χ3v) is 3.96. The first kappa shape index (κ1) is 12.8. The molecule has 0 radical (unpaired) electrons. The average molecular weight is 253 g/mol. The van der Waals surface area contributed by atoms with Crippen molar-refractivity contribution in [3.63, 3.8) is 0 Å². The number of ether oxygens (including phenoxy) is 1. The second-order valence-electron chi connectivity index (χ2n) is 5.54. The van der Waals surface area contributed by atoms with Gasteiger partial charge in [-0.2, -0.15) is 0 Å². The molecule has 2 rings (SSSR count). The summed E-state index contributed by atoms with van der Waals surface area (Å²) in [6.07, 6.45) is 3.44. The van der Waals surface area contributed by atoms with E-state index in [0.717, 1.165) is 18.8 Å². The van der Waals surface area contributed by atoms with E-state index in [0.29, 0.717) is 0 Å². The van der Waals surface area contributed by atoms with Crippen LogP contribution in [-0.2, 0) is 5.41 Å². The molecule has 0 saturated heterocycles. The molecule has 1 aromatic rings. The summed E-state index contributed by atoms with van der Waals surface area (Å²) >= 11 is 6.44. The number of alkyl halides is 1. The maximum absolute atomic E-state index is 6.44. The Labute approximate surface area is 109 Å². The molecule has 0 aliphatic carbocycles. The third-order valence-electron chi connectivity index (χ3n) is 3.49. The predicted octanol–water partition coefficient (Wildman–Crippen LogP) is 4.83. The number of hydrogen-bond donors (Lipinski definition) is 0. The van der Waals surface area contributed by atoms with Gasteiger partial charge in [0.2, 0.25) is 0 Å². The van der Waals surface area contributed by atoms with Crippen molar-refractivity contribution in [2.24, 2.45) is 0 Å². The predicted molar refractivity (Wildman–Crippen MR) is 73.1 cm³/mol. The Kier molecular flexibility index (Phi) is 3.67. The molecule has 1 nitrogen and oxygen atoms in total. The molecule has 94 valence electrons. The van der Waals surface area contributed by atoms with Crippen molar-refractivity contribution in [1.82, 2.24) is 0 Å². The van der Waals surface area contributed by atoms with Crippen molar-refractivity contribution in [3.8, 4) is 5.75 Å². The highest BCUT2D eigenvalue weighted by Gasteiger charge is 2.32. The number of hydrogen-bond acceptors (Lipinski definition) is 1. The third kappa shape index (κ3) is 2.60. The lowest BCUT2D eigenvalue weighted by molar-refractivity contribution is 0.291. The summed E-state index contributed by atoms with van der Waals surface area (Å²) in [5, 5.41) is 0.136. The van der Waals surface area contributed by atoms with E-state index < -0.39 is 0 Å². The molecule has 0 aromatic heterocycles. The summed E-state index contributed by atoms with van der Waals surface area (Å²) in [4.78, 5) is 0. The molecule has 1 atom stereocenters. The first-order valence-electron chi connectivity index (χ1n) is 6.46. The number of rotatable bonds is 4. The van der Waals surface area contributed by atoms with Gasteiger partial charge < -0.3 is 4.74 Å². The van der Waals surface area contributed by atoms with Crippen molar-refractivity contribution < 1.29 is 4.74 Å². The van der Waals surface area contributed by atoms with E-state index in [-0.39, 0.29) is 10.8 Å². The van der Waals surface area contributed by atoms with E-state index in [1.807, 2.05) is 0 Å². The second-order valence-corrected chi connectivity index (χ2v) is 6.06. The number of benzene rings is 1. The zero-order valence-corrected chi connectivity index (χ0v) is 11.7. The molecule has 2 heteroatoms. The van der Waals surface area contributed by atoms with Crippen LogP contribution in [0.2, 0.25) is 0 Å². The summed E-state index contributed by atoms with van der Waals surface area (Å²) < 4.78 is 5.69. The van der Waals surface area contributed by atoms with Crippen LogP contribution in [0.3, 0.4) is 0 Å². The topological polar surface area (TPSA) is 9.23 Å². The molecule has 1 heterocycles. The lowest BCUT2D eigenvalue weighted by Crippen LogP contribution is -2.18. The van der Waals surface area contributed by atoms with E-state index in [1.54, 1.807) is 0 Å². The van der Waals surface area contributed by atoms with Crippen molar-refractivity contribution in [2.45, 2.75) is 50.8 Å². The first-order chi connectivity index (χ1) is 8.04. The molecule has 1 aliphatic rings. The molecule has 1 unspecified atom stereocenters. The van der Waals surface area contributed by atoms with Gasteiger partial charge in [-0.25, -0.2) is 0 Å². The molecule has 0 amide bonds. The largest absolute Gasteiger partial charge is 0.492 e. The summed E-state index contributed by atoms with van der Waals surface area (Å²) in [5.74, 6) is 1.03.